The van der Waals surface area contributed by atoms with E-state index in [1.165, 1.54) is 5.56 Å². The third-order valence-corrected chi connectivity index (χ3v) is 2.57. The zero-order chi connectivity index (χ0) is 12.3. The SMILES string of the molecule is Cc1ccc(-n2ncnc2CNC(C)C)cc1. The van der Waals surface area contributed by atoms with E-state index in [4.69, 9.17) is 0 Å². The highest BCUT2D eigenvalue weighted by molar-refractivity contribution is 5.33. The summed E-state index contributed by atoms with van der Waals surface area (Å²) in [6, 6.07) is 8.72. The Balaban J connectivity index is 2.21. The third kappa shape index (κ3) is 2.91. The van der Waals surface area contributed by atoms with Crippen molar-refractivity contribution in [2.75, 3.05) is 0 Å². The third-order valence-electron chi connectivity index (χ3n) is 2.57. The van der Waals surface area contributed by atoms with E-state index < -0.39 is 0 Å². The average Bonchev–Trinajstić information content (AvgIpc) is 2.75. The van der Waals surface area contributed by atoms with Crippen LogP contribution in [0.15, 0.2) is 30.6 Å². The van der Waals surface area contributed by atoms with Crippen molar-refractivity contribution in [1.82, 2.24) is 20.1 Å². The minimum atomic E-state index is 0.443. The molecular weight excluding hydrogens is 212 g/mol. The molecule has 4 heteroatoms. The van der Waals surface area contributed by atoms with Gasteiger partial charge >= 0.3 is 0 Å². The molecule has 1 heterocycles. The number of aryl methyl sites for hydroxylation is 1. The Hall–Kier alpha value is -1.68. The van der Waals surface area contributed by atoms with E-state index in [2.05, 4.69) is 60.4 Å². The minimum absolute atomic E-state index is 0.443. The maximum absolute atomic E-state index is 4.28. The molecule has 0 radical (unpaired) electrons. The quantitative estimate of drug-likeness (QED) is 0.874. The van der Waals surface area contributed by atoms with Crippen LogP contribution >= 0.6 is 0 Å². The average molecular weight is 230 g/mol. The molecule has 0 saturated heterocycles. The number of hydrogen-bond donors (Lipinski definition) is 1. The van der Waals surface area contributed by atoms with Crippen LogP contribution in [0, 0.1) is 6.92 Å². The lowest BCUT2D eigenvalue weighted by Crippen LogP contribution is -2.24. The van der Waals surface area contributed by atoms with Gasteiger partial charge in [-0.15, -0.1) is 0 Å². The van der Waals surface area contributed by atoms with E-state index in [1.807, 2.05) is 4.68 Å². The van der Waals surface area contributed by atoms with Crippen molar-refractivity contribution >= 4 is 0 Å². The van der Waals surface area contributed by atoms with Gasteiger partial charge in [0.1, 0.15) is 12.2 Å². The first-order valence-electron chi connectivity index (χ1n) is 5.86. The van der Waals surface area contributed by atoms with Crippen LogP contribution in [0.4, 0.5) is 0 Å². The van der Waals surface area contributed by atoms with E-state index in [0.29, 0.717) is 6.04 Å². The number of rotatable bonds is 4. The normalized spacial score (nSPS) is 11.1. The molecule has 0 aliphatic rings. The summed E-state index contributed by atoms with van der Waals surface area (Å²) >= 11 is 0. The molecule has 17 heavy (non-hydrogen) atoms. The maximum atomic E-state index is 4.28. The highest BCUT2D eigenvalue weighted by Crippen LogP contribution is 2.09. The van der Waals surface area contributed by atoms with Crippen molar-refractivity contribution in [3.63, 3.8) is 0 Å². The van der Waals surface area contributed by atoms with Gasteiger partial charge in [-0.3, -0.25) is 0 Å². The van der Waals surface area contributed by atoms with Gasteiger partial charge in [0.2, 0.25) is 0 Å². The van der Waals surface area contributed by atoms with E-state index in [1.54, 1.807) is 6.33 Å². The van der Waals surface area contributed by atoms with Gasteiger partial charge in [0, 0.05) is 6.04 Å². The topological polar surface area (TPSA) is 42.7 Å². The second kappa shape index (κ2) is 5.10. The Morgan fingerprint density at radius 1 is 1.24 bits per heavy atom. The van der Waals surface area contributed by atoms with Gasteiger partial charge in [-0.05, 0) is 19.1 Å². The van der Waals surface area contributed by atoms with Crippen molar-refractivity contribution in [2.45, 2.75) is 33.4 Å². The lowest BCUT2D eigenvalue weighted by atomic mass is 10.2. The van der Waals surface area contributed by atoms with Crippen molar-refractivity contribution < 1.29 is 0 Å². The van der Waals surface area contributed by atoms with Gasteiger partial charge in [0.15, 0.2) is 0 Å². The standard InChI is InChI=1S/C13H18N4/c1-10(2)14-8-13-15-9-16-17(13)12-6-4-11(3)5-7-12/h4-7,9-10,14H,8H2,1-3H3. The van der Waals surface area contributed by atoms with Crippen LogP contribution in [0.2, 0.25) is 0 Å². The van der Waals surface area contributed by atoms with Crippen LogP contribution in [0.5, 0.6) is 0 Å². The van der Waals surface area contributed by atoms with Gasteiger partial charge in [0.05, 0.1) is 12.2 Å². The molecule has 0 atom stereocenters. The summed E-state index contributed by atoms with van der Waals surface area (Å²) in [5, 5.41) is 7.61. The zero-order valence-corrected chi connectivity index (χ0v) is 10.5. The number of hydrogen-bond acceptors (Lipinski definition) is 3. The second-order valence-electron chi connectivity index (χ2n) is 4.46. The Bertz CT molecular complexity index is 470. The molecular formula is C13H18N4. The molecule has 0 amide bonds. The Morgan fingerprint density at radius 3 is 2.59 bits per heavy atom. The minimum Gasteiger partial charge on any atom is -0.308 e. The molecule has 0 aliphatic heterocycles. The predicted octanol–water partition coefficient (Wildman–Crippen LogP) is 2.07. The van der Waals surface area contributed by atoms with Gasteiger partial charge in [-0.2, -0.15) is 5.10 Å². The summed E-state index contributed by atoms with van der Waals surface area (Å²) in [6.07, 6.45) is 1.59. The largest absolute Gasteiger partial charge is 0.308 e. The van der Waals surface area contributed by atoms with Crippen LogP contribution in [-0.4, -0.2) is 20.8 Å². The fraction of sp³-hybridized carbons (Fsp3) is 0.385. The fourth-order valence-electron chi connectivity index (χ4n) is 1.58. The molecule has 0 unspecified atom stereocenters. The fourth-order valence-corrected chi connectivity index (χ4v) is 1.58. The smallest absolute Gasteiger partial charge is 0.146 e. The van der Waals surface area contributed by atoms with Crippen molar-refractivity contribution in [1.29, 1.82) is 0 Å². The molecule has 4 nitrogen and oxygen atoms in total. The Kier molecular flexibility index (Phi) is 3.54. The monoisotopic (exact) mass is 230 g/mol. The number of nitrogens with one attached hydrogen (secondary N) is 1. The van der Waals surface area contributed by atoms with Crippen molar-refractivity contribution in [2.24, 2.45) is 0 Å². The lowest BCUT2D eigenvalue weighted by Gasteiger charge is -2.09. The second-order valence-corrected chi connectivity index (χ2v) is 4.46. The van der Waals surface area contributed by atoms with Gasteiger partial charge in [-0.25, -0.2) is 9.67 Å². The first-order valence-corrected chi connectivity index (χ1v) is 5.86. The van der Waals surface area contributed by atoms with Gasteiger partial charge in [0.25, 0.3) is 0 Å². The summed E-state index contributed by atoms with van der Waals surface area (Å²) in [7, 11) is 0. The number of nitrogens with zero attached hydrogens (tertiary/aromatic N) is 3. The summed E-state index contributed by atoms with van der Waals surface area (Å²) in [4.78, 5) is 4.28. The molecule has 1 N–H and O–H groups in total. The van der Waals surface area contributed by atoms with Crippen LogP contribution in [0.25, 0.3) is 5.69 Å². The van der Waals surface area contributed by atoms with Crippen molar-refractivity contribution in [3.8, 4) is 5.69 Å². The first-order chi connectivity index (χ1) is 8.16. The van der Waals surface area contributed by atoms with E-state index in [0.717, 1.165) is 18.1 Å². The molecule has 0 aliphatic carbocycles. The van der Waals surface area contributed by atoms with E-state index in [-0.39, 0.29) is 0 Å². The molecule has 90 valence electrons. The molecule has 1 aromatic heterocycles. The van der Waals surface area contributed by atoms with Crippen molar-refractivity contribution in [3.05, 3.63) is 42.0 Å². The molecule has 2 rings (SSSR count). The van der Waals surface area contributed by atoms with Crippen LogP contribution in [-0.2, 0) is 6.54 Å². The summed E-state index contributed by atoms with van der Waals surface area (Å²) < 4.78 is 1.87. The molecule has 0 spiro atoms. The zero-order valence-electron chi connectivity index (χ0n) is 10.5. The number of benzene rings is 1. The van der Waals surface area contributed by atoms with Crippen LogP contribution in [0.1, 0.15) is 25.2 Å². The Labute approximate surface area is 102 Å². The predicted molar refractivity (Wildman–Crippen MR) is 68.1 cm³/mol. The summed E-state index contributed by atoms with van der Waals surface area (Å²) in [5.74, 6) is 0.933. The van der Waals surface area contributed by atoms with Crippen LogP contribution < -0.4 is 5.32 Å². The number of aromatic nitrogens is 3. The maximum Gasteiger partial charge on any atom is 0.146 e. The molecule has 2 aromatic rings. The molecule has 0 bridgehead atoms. The van der Waals surface area contributed by atoms with E-state index >= 15 is 0 Å². The first kappa shape index (κ1) is 11.8. The molecule has 1 aromatic carbocycles. The summed E-state index contributed by atoms with van der Waals surface area (Å²) in [6.45, 7) is 7.04. The van der Waals surface area contributed by atoms with Gasteiger partial charge in [-0.1, -0.05) is 31.5 Å². The molecule has 0 saturated carbocycles. The Morgan fingerprint density at radius 2 is 1.94 bits per heavy atom. The van der Waals surface area contributed by atoms with Gasteiger partial charge < -0.3 is 5.32 Å². The summed E-state index contributed by atoms with van der Waals surface area (Å²) in [5.41, 5.74) is 2.30. The van der Waals surface area contributed by atoms with Crippen LogP contribution in [0.3, 0.4) is 0 Å². The highest BCUT2D eigenvalue weighted by atomic mass is 15.3. The molecule has 0 fully saturated rings. The highest BCUT2D eigenvalue weighted by Gasteiger charge is 2.06. The van der Waals surface area contributed by atoms with E-state index in [9.17, 15) is 0 Å². The lowest BCUT2D eigenvalue weighted by molar-refractivity contribution is 0.563.